The Labute approximate surface area is 88.1 Å². The van der Waals surface area contributed by atoms with Crippen LogP contribution in [0.3, 0.4) is 0 Å². The Morgan fingerprint density at radius 2 is 1.70 bits per heavy atom. The van der Waals surface area contributed by atoms with Gasteiger partial charge in [-0.05, 0) is 50.8 Å². The molecule has 0 atom stereocenters. The van der Waals surface area contributed by atoms with Gasteiger partial charge in [0.1, 0.15) is 0 Å². The third kappa shape index (κ3) is 1.75. The fraction of sp³-hybridized carbons (Fsp3) is 0.143. The van der Waals surface area contributed by atoms with Crippen LogP contribution in [-0.2, 0) is 0 Å². The first-order valence-corrected chi connectivity index (χ1v) is 4.93. The monoisotopic (exact) mass is 359 g/mol. The predicted molar refractivity (Wildman–Crippen MR) is 61.1 cm³/mol. The van der Waals surface area contributed by atoms with Crippen LogP contribution in [0, 0.1) is 0 Å². The van der Waals surface area contributed by atoms with Gasteiger partial charge in [0.2, 0.25) is 0 Å². The van der Waals surface area contributed by atoms with Crippen LogP contribution in [0.1, 0.15) is 0 Å². The lowest BCUT2D eigenvalue weighted by Gasteiger charge is -2.17. The van der Waals surface area contributed by atoms with Crippen molar-refractivity contribution >= 4 is 45.2 Å². The molecule has 0 aliphatic carbocycles. The fourth-order valence-electron chi connectivity index (χ4n) is 0.665. The zero-order chi connectivity index (χ0) is 7.72. The molecule has 1 heterocycles. The molecule has 0 radical (unpaired) electrons. The van der Waals surface area contributed by atoms with Gasteiger partial charge < -0.3 is 4.90 Å². The summed E-state index contributed by atoms with van der Waals surface area (Å²) < 4.78 is 2.43. The van der Waals surface area contributed by atoms with Crippen LogP contribution in [-0.4, -0.2) is 11.9 Å². The molecule has 0 aromatic rings. The number of hydrogen-bond donors (Lipinski definition) is 0. The number of hydrogen-bond acceptors (Lipinski definition) is 1. The predicted octanol–water partition coefficient (Wildman–Crippen LogP) is 3.04. The van der Waals surface area contributed by atoms with E-state index in [1.165, 1.54) is 7.16 Å². The fourth-order valence-corrected chi connectivity index (χ4v) is 2.64. The largest absolute Gasteiger partial charge is 0.355 e. The molecular weight excluding hydrogens is 352 g/mol. The van der Waals surface area contributed by atoms with Crippen molar-refractivity contribution in [3.63, 3.8) is 0 Å². The summed E-state index contributed by atoms with van der Waals surface area (Å²) in [4.78, 5) is 2.04. The van der Waals surface area contributed by atoms with Gasteiger partial charge in [-0.1, -0.05) is 6.58 Å². The van der Waals surface area contributed by atoms with Crippen LogP contribution in [0.25, 0.3) is 0 Å². The van der Waals surface area contributed by atoms with E-state index in [0.29, 0.717) is 0 Å². The quantitative estimate of drug-likeness (QED) is 0.602. The summed E-state index contributed by atoms with van der Waals surface area (Å²) in [5.41, 5.74) is 1.12. The molecule has 0 saturated carbocycles. The molecule has 0 N–H and O–H groups in total. The zero-order valence-corrected chi connectivity index (χ0v) is 9.88. The molecule has 1 aliphatic heterocycles. The molecule has 0 aromatic heterocycles. The van der Waals surface area contributed by atoms with Gasteiger partial charge in [-0.15, -0.1) is 0 Å². The molecule has 0 aromatic carbocycles. The highest BCUT2D eigenvalue weighted by molar-refractivity contribution is 14.1. The van der Waals surface area contributed by atoms with E-state index < -0.39 is 0 Å². The summed E-state index contributed by atoms with van der Waals surface area (Å²) in [6.45, 7) is 3.93. The molecule has 1 rings (SSSR count). The third-order valence-electron chi connectivity index (χ3n) is 1.21. The van der Waals surface area contributed by atoms with E-state index in [4.69, 9.17) is 0 Å². The SMILES string of the molecule is C=C1C(I)=CN(C)C=C1I. The van der Waals surface area contributed by atoms with Crippen LogP contribution in [0.5, 0.6) is 0 Å². The maximum atomic E-state index is 3.93. The van der Waals surface area contributed by atoms with Crippen LogP contribution < -0.4 is 0 Å². The molecule has 0 fully saturated rings. The highest BCUT2D eigenvalue weighted by Crippen LogP contribution is 2.31. The minimum atomic E-state index is 1.12. The van der Waals surface area contributed by atoms with E-state index in [1.54, 1.807) is 0 Å². The molecular formula is C7H7I2N. The standard InChI is InChI=1S/C7H7I2N/c1-5-6(8)3-10(2)4-7(5)9/h3-4H,1H2,2H3. The molecule has 1 aliphatic rings. The molecule has 10 heavy (non-hydrogen) atoms. The maximum absolute atomic E-state index is 3.93. The number of rotatable bonds is 0. The molecule has 1 nitrogen and oxygen atoms in total. The van der Waals surface area contributed by atoms with E-state index in [-0.39, 0.29) is 0 Å². The normalized spacial score (nSPS) is 18.7. The first kappa shape index (κ1) is 8.58. The van der Waals surface area contributed by atoms with E-state index in [1.807, 2.05) is 11.9 Å². The van der Waals surface area contributed by atoms with Gasteiger partial charge in [0.05, 0.1) is 0 Å². The molecule has 54 valence electrons. The first-order valence-electron chi connectivity index (χ1n) is 2.77. The lowest BCUT2D eigenvalue weighted by molar-refractivity contribution is 0.618. The van der Waals surface area contributed by atoms with Crippen molar-refractivity contribution in [2.75, 3.05) is 7.05 Å². The van der Waals surface area contributed by atoms with Crippen LogP contribution in [0.15, 0.2) is 31.7 Å². The van der Waals surface area contributed by atoms with Crippen molar-refractivity contribution in [3.8, 4) is 0 Å². The second-order valence-corrected chi connectivity index (χ2v) is 4.42. The van der Waals surface area contributed by atoms with Gasteiger partial charge in [-0.2, -0.15) is 0 Å². The van der Waals surface area contributed by atoms with Crippen LogP contribution >= 0.6 is 45.2 Å². The number of nitrogens with zero attached hydrogens (tertiary/aromatic N) is 1. The lowest BCUT2D eigenvalue weighted by Crippen LogP contribution is -2.06. The number of halogens is 2. The minimum absolute atomic E-state index is 1.12. The Morgan fingerprint density at radius 3 is 2.10 bits per heavy atom. The average molecular weight is 359 g/mol. The van der Waals surface area contributed by atoms with E-state index in [2.05, 4.69) is 64.2 Å². The Kier molecular flexibility index (Phi) is 2.79. The van der Waals surface area contributed by atoms with Crippen molar-refractivity contribution in [1.82, 2.24) is 4.90 Å². The Balaban J connectivity index is 2.94. The average Bonchev–Trinajstić information content (AvgIpc) is 1.82. The minimum Gasteiger partial charge on any atom is -0.355 e. The molecule has 0 saturated heterocycles. The van der Waals surface area contributed by atoms with Crippen LogP contribution in [0.2, 0.25) is 0 Å². The molecule has 0 bridgehead atoms. The Bertz CT molecular complexity index is 206. The molecule has 0 unspecified atom stereocenters. The summed E-state index contributed by atoms with van der Waals surface area (Å²) in [6, 6.07) is 0. The number of allylic oxidation sites excluding steroid dienone is 3. The van der Waals surface area contributed by atoms with Gasteiger partial charge in [0.15, 0.2) is 0 Å². The molecule has 3 heteroatoms. The molecule has 0 amide bonds. The third-order valence-corrected chi connectivity index (χ3v) is 3.07. The Hall–Kier alpha value is 0.480. The van der Waals surface area contributed by atoms with Crippen molar-refractivity contribution in [2.24, 2.45) is 0 Å². The summed E-state index contributed by atoms with van der Waals surface area (Å²) in [5, 5.41) is 0. The lowest BCUT2D eigenvalue weighted by atomic mass is 10.2. The Morgan fingerprint density at radius 1 is 1.30 bits per heavy atom. The van der Waals surface area contributed by atoms with Gasteiger partial charge >= 0.3 is 0 Å². The smallest absolute Gasteiger partial charge is 0.0370 e. The van der Waals surface area contributed by atoms with E-state index in [0.717, 1.165) is 5.57 Å². The van der Waals surface area contributed by atoms with Crippen molar-refractivity contribution in [3.05, 3.63) is 31.7 Å². The second kappa shape index (κ2) is 3.25. The second-order valence-electron chi connectivity index (χ2n) is 2.10. The summed E-state index contributed by atoms with van der Waals surface area (Å²) in [5.74, 6) is 0. The van der Waals surface area contributed by atoms with Gasteiger partial charge in [0, 0.05) is 26.6 Å². The van der Waals surface area contributed by atoms with Gasteiger partial charge in [0.25, 0.3) is 0 Å². The van der Waals surface area contributed by atoms with Crippen molar-refractivity contribution in [1.29, 1.82) is 0 Å². The molecule has 0 spiro atoms. The summed E-state index contributed by atoms with van der Waals surface area (Å²) in [6.07, 6.45) is 4.12. The highest BCUT2D eigenvalue weighted by atomic mass is 127. The first-order chi connectivity index (χ1) is 4.61. The topological polar surface area (TPSA) is 3.24 Å². The zero-order valence-electron chi connectivity index (χ0n) is 5.56. The summed E-state index contributed by atoms with van der Waals surface area (Å²) in [7, 11) is 2.02. The van der Waals surface area contributed by atoms with Gasteiger partial charge in [-0.25, -0.2) is 0 Å². The van der Waals surface area contributed by atoms with E-state index >= 15 is 0 Å². The highest BCUT2D eigenvalue weighted by Gasteiger charge is 2.08. The maximum Gasteiger partial charge on any atom is 0.0370 e. The summed E-state index contributed by atoms with van der Waals surface area (Å²) >= 11 is 4.57. The van der Waals surface area contributed by atoms with Crippen molar-refractivity contribution in [2.45, 2.75) is 0 Å². The van der Waals surface area contributed by atoms with Gasteiger partial charge in [-0.3, -0.25) is 0 Å². The van der Waals surface area contributed by atoms with Crippen molar-refractivity contribution < 1.29 is 0 Å². The van der Waals surface area contributed by atoms with E-state index in [9.17, 15) is 0 Å². The van der Waals surface area contributed by atoms with Crippen LogP contribution in [0.4, 0.5) is 0 Å².